The van der Waals surface area contributed by atoms with E-state index in [4.69, 9.17) is 4.74 Å². The van der Waals surface area contributed by atoms with E-state index in [1.54, 1.807) is 11.9 Å². The number of benzene rings is 1. The van der Waals surface area contributed by atoms with Crippen molar-refractivity contribution in [1.29, 1.82) is 0 Å². The Kier molecular flexibility index (Phi) is 11.5. The highest BCUT2D eigenvalue weighted by molar-refractivity contribution is 7.91. The second kappa shape index (κ2) is 15.5. The van der Waals surface area contributed by atoms with Crippen LogP contribution in [0.3, 0.4) is 0 Å². The van der Waals surface area contributed by atoms with Gasteiger partial charge in [0.15, 0.2) is 0 Å². The first-order valence-corrected chi connectivity index (χ1v) is 19.6. The third-order valence-corrected chi connectivity index (χ3v) is 12.5. The van der Waals surface area contributed by atoms with Gasteiger partial charge < -0.3 is 15.0 Å². The van der Waals surface area contributed by atoms with Gasteiger partial charge in [-0.05, 0) is 82.4 Å². The molecule has 1 aromatic carbocycles. The lowest BCUT2D eigenvalue weighted by molar-refractivity contribution is -0.140. The molecule has 0 radical (unpaired) electrons. The summed E-state index contributed by atoms with van der Waals surface area (Å²) in [6.45, 7) is 11.9. The van der Waals surface area contributed by atoms with Crippen molar-refractivity contribution in [3.63, 3.8) is 0 Å². The molecule has 1 heterocycles. The average molecular weight is 726 g/mol. The number of allylic oxidation sites excluding steroid dienone is 1. The molecule has 270 valence electrons. The number of sulfonamides is 1. The standard InChI is InChI=1S/C36H47N5O7S2/c1-6-9-10-11-16-41(5)33(43)29-19-25(48-35(45)38-30-17-22(4)12-15-27(30)32-37-24(8-3)21-49-32)18-28(29)31(42)39-36(20-23(36)7-2)34(44)40-50(46,47)26-13-14-26/h6-7,12,15,17,21,23,25-26,28-29H,1-2,8-11,13-14,16,18-20H2,3-5H3,(H,38,45)(H,39,42)(H,40,44). The van der Waals surface area contributed by atoms with Gasteiger partial charge in [-0.2, -0.15) is 0 Å². The summed E-state index contributed by atoms with van der Waals surface area (Å²) in [6.07, 6.45) is 6.33. The number of ether oxygens (including phenoxy) is 1. The number of aromatic nitrogens is 1. The molecular formula is C36H47N5O7S2. The maximum Gasteiger partial charge on any atom is 0.411 e. The molecule has 3 aliphatic carbocycles. The minimum Gasteiger partial charge on any atom is -0.446 e. The van der Waals surface area contributed by atoms with Crippen LogP contribution in [-0.2, 0) is 35.6 Å². The van der Waals surface area contributed by atoms with Crippen molar-refractivity contribution >= 4 is 50.9 Å². The fraction of sp³-hybridized carbons (Fsp3) is 0.528. The van der Waals surface area contributed by atoms with Crippen molar-refractivity contribution in [1.82, 2.24) is 19.9 Å². The number of thiazole rings is 1. The molecule has 3 N–H and O–H groups in total. The molecule has 3 aliphatic rings. The van der Waals surface area contributed by atoms with Crippen LogP contribution in [0.5, 0.6) is 0 Å². The van der Waals surface area contributed by atoms with Crippen molar-refractivity contribution in [2.75, 3.05) is 18.9 Å². The highest BCUT2D eigenvalue weighted by atomic mass is 32.2. The molecule has 1 aromatic heterocycles. The van der Waals surface area contributed by atoms with E-state index in [1.807, 2.05) is 43.5 Å². The van der Waals surface area contributed by atoms with Crippen LogP contribution in [-0.4, -0.2) is 72.6 Å². The average Bonchev–Trinajstić information content (AvgIpc) is 3.97. The predicted octanol–water partition coefficient (Wildman–Crippen LogP) is 5.11. The highest BCUT2D eigenvalue weighted by Gasteiger charge is 2.62. The fourth-order valence-corrected chi connectivity index (χ4v) is 8.85. The van der Waals surface area contributed by atoms with Gasteiger partial charge in [-0.3, -0.25) is 24.4 Å². The van der Waals surface area contributed by atoms with Crippen LogP contribution in [0.15, 0.2) is 48.9 Å². The van der Waals surface area contributed by atoms with Gasteiger partial charge in [-0.15, -0.1) is 24.5 Å². The number of anilines is 1. The van der Waals surface area contributed by atoms with Gasteiger partial charge >= 0.3 is 6.09 Å². The lowest BCUT2D eigenvalue weighted by Crippen LogP contribution is -2.54. The fourth-order valence-electron chi connectivity index (χ4n) is 6.54. The molecule has 14 heteroatoms. The number of unbranched alkanes of at least 4 members (excludes halogenated alkanes) is 2. The number of amides is 4. The number of nitrogens with zero attached hydrogens (tertiary/aromatic N) is 2. The minimum atomic E-state index is -3.86. The molecule has 0 spiro atoms. The Morgan fingerprint density at radius 3 is 2.52 bits per heavy atom. The summed E-state index contributed by atoms with van der Waals surface area (Å²) >= 11 is 1.48. The van der Waals surface area contributed by atoms with E-state index in [9.17, 15) is 27.6 Å². The van der Waals surface area contributed by atoms with E-state index in [-0.39, 0.29) is 25.2 Å². The zero-order valence-corrected chi connectivity index (χ0v) is 30.5. The zero-order chi connectivity index (χ0) is 36.2. The first kappa shape index (κ1) is 37.2. The lowest BCUT2D eigenvalue weighted by Gasteiger charge is -2.26. The predicted molar refractivity (Wildman–Crippen MR) is 193 cm³/mol. The van der Waals surface area contributed by atoms with Crippen molar-refractivity contribution < 1.29 is 32.3 Å². The van der Waals surface area contributed by atoms with E-state index in [2.05, 4.69) is 33.5 Å². The molecule has 5 atom stereocenters. The van der Waals surface area contributed by atoms with E-state index < -0.39 is 62.6 Å². The number of hydrogen-bond acceptors (Lipinski definition) is 9. The van der Waals surface area contributed by atoms with Gasteiger partial charge in [0.25, 0.3) is 5.91 Å². The molecular weight excluding hydrogens is 679 g/mol. The van der Waals surface area contributed by atoms with Crippen LogP contribution in [0, 0.1) is 24.7 Å². The van der Waals surface area contributed by atoms with E-state index in [1.165, 1.54) is 17.4 Å². The Labute approximate surface area is 298 Å². The molecule has 5 unspecified atom stereocenters. The minimum absolute atomic E-state index is 0.0454. The number of aryl methyl sites for hydroxylation is 2. The number of rotatable bonds is 16. The highest BCUT2D eigenvalue weighted by Crippen LogP contribution is 2.46. The van der Waals surface area contributed by atoms with Crippen LogP contribution in [0.25, 0.3) is 10.6 Å². The second-order valence-electron chi connectivity index (χ2n) is 13.6. The first-order chi connectivity index (χ1) is 23.8. The Balaban J connectivity index is 1.32. The number of hydrogen-bond donors (Lipinski definition) is 3. The maximum atomic E-state index is 14.0. The van der Waals surface area contributed by atoms with Gasteiger partial charge in [0.05, 0.1) is 28.5 Å². The molecule has 0 bridgehead atoms. The van der Waals surface area contributed by atoms with Crippen LogP contribution in [0.1, 0.15) is 69.5 Å². The molecule has 0 aliphatic heterocycles. The topological polar surface area (TPSA) is 164 Å². The van der Waals surface area contributed by atoms with Crippen LogP contribution >= 0.6 is 11.3 Å². The zero-order valence-electron chi connectivity index (χ0n) is 28.9. The third-order valence-electron chi connectivity index (χ3n) is 9.78. The summed E-state index contributed by atoms with van der Waals surface area (Å²) in [5.74, 6) is -3.88. The van der Waals surface area contributed by atoms with Gasteiger partial charge in [0.2, 0.25) is 21.8 Å². The van der Waals surface area contributed by atoms with Crippen LogP contribution in [0.2, 0.25) is 0 Å². The third kappa shape index (κ3) is 8.45. The lowest BCUT2D eigenvalue weighted by atomic mass is 9.93. The number of nitrogens with one attached hydrogen (secondary N) is 3. The van der Waals surface area contributed by atoms with Crippen LogP contribution < -0.4 is 15.4 Å². The monoisotopic (exact) mass is 725 g/mol. The van der Waals surface area contributed by atoms with E-state index >= 15 is 0 Å². The van der Waals surface area contributed by atoms with Gasteiger partial charge in [-0.1, -0.05) is 25.1 Å². The molecule has 4 amide bonds. The molecule has 5 rings (SSSR count). The second-order valence-corrected chi connectivity index (χ2v) is 16.4. The molecule has 3 saturated carbocycles. The molecule has 12 nitrogen and oxygen atoms in total. The van der Waals surface area contributed by atoms with E-state index in [0.717, 1.165) is 47.5 Å². The van der Waals surface area contributed by atoms with E-state index in [0.29, 0.717) is 25.1 Å². The summed E-state index contributed by atoms with van der Waals surface area (Å²) in [5, 5.41) is 7.77. The summed E-state index contributed by atoms with van der Waals surface area (Å²) in [6, 6.07) is 5.67. The number of carbonyl (C=O) groups is 4. The van der Waals surface area contributed by atoms with Gasteiger partial charge in [-0.25, -0.2) is 18.2 Å². The van der Waals surface area contributed by atoms with Gasteiger partial charge in [0.1, 0.15) is 16.7 Å². The molecule has 50 heavy (non-hydrogen) atoms. The Morgan fingerprint density at radius 1 is 1.14 bits per heavy atom. The summed E-state index contributed by atoms with van der Waals surface area (Å²) in [5.41, 5.74) is 1.67. The smallest absolute Gasteiger partial charge is 0.411 e. The first-order valence-electron chi connectivity index (χ1n) is 17.2. The largest absolute Gasteiger partial charge is 0.446 e. The molecule has 3 fully saturated rings. The number of carbonyl (C=O) groups excluding carboxylic acids is 4. The summed E-state index contributed by atoms with van der Waals surface area (Å²) in [4.78, 5) is 60.7. The molecule has 2 aromatic rings. The SMILES string of the molecule is C=CCCCCN(C)C(=O)C1CC(OC(=O)Nc2cc(C)ccc2-c2nc(CC)cs2)CC1C(=O)NC1(C(=O)NS(=O)(=O)C2CC2)CC1C=C. The van der Waals surface area contributed by atoms with Crippen molar-refractivity contribution in [3.8, 4) is 10.6 Å². The Hall–Kier alpha value is -4.04. The normalized spacial score (nSPS) is 24.1. The molecule has 0 saturated heterocycles. The van der Waals surface area contributed by atoms with Crippen molar-refractivity contribution in [2.45, 2.75) is 88.5 Å². The quantitative estimate of drug-likeness (QED) is 0.159. The van der Waals surface area contributed by atoms with Crippen molar-refractivity contribution in [3.05, 3.63) is 60.1 Å². The Morgan fingerprint density at radius 2 is 1.88 bits per heavy atom. The van der Waals surface area contributed by atoms with Crippen molar-refractivity contribution in [2.24, 2.45) is 17.8 Å². The summed E-state index contributed by atoms with van der Waals surface area (Å²) < 4.78 is 33.2. The van der Waals surface area contributed by atoms with Gasteiger partial charge in [0, 0.05) is 30.5 Å². The maximum absolute atomic E-state index is 14.0. The Bertz CT molecular complexity index is 1750. The summed E-state index contributed by atoms with van der Waals surface area (Å²) in [7, 11) is -2.18. The van der Waals surface area contributed by atoms with Crippen LogP contribution in [0.4, 0.5) is 10.5 Å².